The number of allylic oxidation sites excluding steroid dienone is 6. The number of nitrogens with zero attached hydrogens (tertiary/aromatic N) is 1. The average molecular weight is 364 g/mol. The van der Waals surface area contributed by atoms with E-state index in [1.165, 1.54) is 0 Å². The Hall–Kier alpha value is -2.86. The van der Waals surface area contributed by atoms with E-state index in [2.05, 4.69) is 12.6 Å². The summed E-state index contributed by atoms with van der Waals surface area (Å²) in [6.45, 7) is 16.9. The van der Waals surface area contributed by atoms with Gasteiger partial charge >= 0.3 is 0 Å². The Kier molecular flexibility index (Phi) is 7.55. The molecule has 1 atom stereocenters. The number of ketones is 1. The lowest BCUT2D eigenvalue weighted by molar-refractivity contribution is -0.113. The second-order valence-corrected chi connectivity index (χ2v) is 7.04. The predicted molar refractivity (Wildman–Crippen MR) is 112 cm³/mol. The molecule has 27 heavy (non-hydrogen) atoms. The lowest BCUT2D eigenvalue weighted by atomic mass is 9.76. The van der Waals surface area contributed by atoms with E-state index in [4.69, 9.17) is 0 Å². The lowest BCUT2D eigenvalue weighted by Crippen LogP contribution is -2.17. The molecule has 0 unspecified atom stereocenters. The topological polar surface area (TPSA) is 61.1 Å². The maximum Gasteiger partial charge on any atom is 0.156 e. The summed E-state index contributed by atoms with van der Waals surface area (Å²) in [6, 6.07) is 7.56. The summed E-state index contributed by atoms with van der Waals surface area (Å²) >= 11 is 0. The van der Waals surface area contributed by atoms with Crippen molar-refractivity contribution in [1.82, 2.24) is 0 Å². The van der Waals surface area contributed by atoms with Gasteiger partial charge < -0.3 is 5.11 Å². The van der Waals surface area contributed by atoms with Gasteiger partial charge in [-0.2, -0.15) is 5.26 Å². The Morgan fingerprint density at radius 1 is 1.19 bits per heavy atom. The number of hydrogen-bond donors (Lipinski definition) is 1. The Labute approximate surface area is 163 Å². The van der Waals surface area contributed by atoms with E-state index in [0.29, 0.717) is 16.7 Å². The molecule has 0 spiro atoms. The van der Waals surface area contributed by atoms with Crippen LogP contribution < -0.4 is 0 Å². The Morgan fingerprint density at radius 2 is 1.78 bits per heavy atom. The van der Waals surface area contributed by atoms with Crippen LogP contribution in [0.1, 0.15) is 64.2 Å². The summed E-state index contributed by atoms with van der Waals surface area (Å²) < 4.78 is 0. The zero-order valence-corrected chi connectivity index (χ0v) is 17.4. The summed E-state index contributed by atoms with van der Waals surface area (Å²) in [5.74, 6) is -0.552. The second kappa shape index (κ2) is 9.19. The van der Waals surface area contributed by atoms with Crippen molar-refractivity contribution in [2.45, 2.75) is 54.4 Å². The fourth-order valence-corrected chi connectivity index (χ4v) is 3.40. The van der Waals surface area contributed by atoms with Gasteiger partial charge in [-0.05, 0) is 77.3 Å². The van der Waals surface area contributed by atoms with Crippen LogP contribution in [0.5, 0.6) is 0 Å². The fourth-order valence-electron chi connectivity index (χ4n) is 3.40. The van der Waals surface area contributed by atoms with Crippen molar-refractivity contribution >= 4 is 5.78 Å². The minimum absolute atomic E-state index is 0.0477. The number of aryl methyl sites for hydroxylation is 1. The highest BCUT2D eigenvalue weighted by atomic mass is 16.3. The van der Waals surface area contributed by atoms with Crippen molar-refractivity contribution in [3.8, 4) is 6.07 Å². The van der Waals surface area contributed by atoms with Crippen molar-refractivity contribution < 1.29 is 9.90 Å². The van der Waals surface area contributed by atoms with Gasteiger partial charge in [-0.25, -0.2) is 0 Å². The van der Waals surface area contributed by atoms with Crippen molar-refractivity contribution in [3.05, 3.63) is 81.2 Å². The zero-order valence-electron chi connectivity index (χ0n) is 17.4. The number of rotatable bonds is 6. The van der Waals surface area contributed by atoms with E-state index in [1.807, 2.05) is 53.7 Å². The quantitative estimate of drug-likeness (QED) is 0.370. The summed E-state index contributed by atoms with van der Waals surface area (Å²) in [6.07, 6.45) is 1.97. The molecule has 0 saturated carbocycles. The molecule has 3 nitrogen and oxygen atoms in total. The summed E-state index contributed by atoms with van der Waals surface area (Å²) in [5, 5.41) is 19.7. The molecule has 0 amide bonds. The number of Topliss-reactive ketones (excluding diaryl/α,β-unsaturated/α-hetero) is 1. The smallest absolute Gasteiger partial charge is 0.156 e. The minimum Gasteiger partial charge on any atom is -0.508 e. The number of carbonyl (C=O) groups is 1. The molecule has 0 saturated heterocycles. The van der Waals surface area contributed by atoms with Gasteiger partial charge in [0.05, 0.1) is 11.6 Å². The standard InChI is InChI=1S/C24H29NO2/c1-9-15(4)17(6)23(19(8)27)24(22(14(2)3)18(7)26)21-11-10-20(13-25)12-16(21)5/h9-12,24,27H,8H2,1-7H3/b15-9-,23-17+/t24-/m1/s1. The van der Waals surface area contributed by atoms with E-state index in [1.54, 1.807) is 19.1 Å². The largest absolute Gasteiger partial charge is 0.508 e. The molecule has 0 heterocycles. The number of hydrogen-bond acceptors (Lipinski definition) is 3. The van der Waals surface area contributed by atoms with E-state index in [0.717, 1.165) is 27.8 Å². The van der Waals surface area contributed by atoms with Crippen molar-refractivity contribution in [2.75, 3.05) is 0 Å². The third kappa shape index (κ3) is 4.86. The predicted octanol–water partition coefficient (Wildman–Crippen LogP) is 6.23. The molecule has 1 aromatic carbocycles. The first-order valence-corrected chi connectivity index (χ1v) is 8.97. The fraction of sp³-hybridized carbons (Fsp3) is 0.333. The normalized spacial score (nSPS) is 13.3. The SMILES string of the molecule is C=C(O)/C(=C(C)\C(C)=C/C)[C@@H](C(C(C)=O)=C(C)C)c1ccc(C#N)cc1C. The molecule has 1 aromatic rings. The van der Waals surface area contributed by atoms with Crippen LogP contribution >= 0.6 is 0 Å². The van der Waals surface area contributed by atoms with E-state index >= 15 is 0 Å². The van der Waals surface area contributed by atoms with Crippen molar-refractivity contribution in [3.63, 3.8) is 0 Å². The Bertz CT molecular complexity index is 901. The molecule has 0 aromatic heterocycles. The Balaban J connectivity index is 4.02. The highest BCUT2D eigenvalue weighted by molar-refractivity contribution is 5.96. The van der Waals surface area contributed by atoms with Crippen LogP contribution in [-0.2, 0) is 4.79 Å². The average Bonchev–Trinajstić information content (AvgIpc) is 2.59. The van der Waals surface area contributed by atoms with Crippen molar-refractivity contribution in [1.29, 1.82) is 5.26 Å². The van der Waals surface area contributed by atoms with Gasteiger partial charge in [0, 0.05) is 17.1 Å². The Morgan fingerprint density at radius 3 is 2.15 bits per heavy atom. The molecule has 0 aliphatic rings. The summed E-state index contributed by atoms with van der Waals surface area (Å²) in [7, 11) is 0. The molecule has 0 radical (unpaired) electrons. The first-order chi connectivity index (χ1) is 12.6. The van der Waals surface area contributed by atoms with Crippen LogP contribution in [-0.4, -0.2) is 10.9 Å². The first-order valence-electron chi connectivity index (χ1n) is 8.97. The number of aliphatic hydroxyl groups excluding tert-OH is 1. The van der Waals surface area contributed by atoms with Crippen LogP contribution in [0.25, 0.3) is 0 Å². The number of benzene rings is 1. The van der Waals surface area contributed by atoms with Gasteiger partial charge in [0.1, 0.15) is 5.76 Å². The van der Waals surface area contributed by atoms with Gasteiger partial charge in [-0.15, -0.1) is 0 Å². The molecular formula is C24H29NO2. The van der Waals surface area contributed by atoms with E-state index in [-0.39, 0.29) is 11.5 Å². The van der Waals surface area contributed by atoms with Crippen LogP contribution in [0.2, 0.25) is 0 Å². The number of nitriles is 1. The highest BCUT2D eigenvalue weighted by Crippen LogP contribution is 2.41. The monoisotopic (exact) mass is 363 g/mol. The molecular weight excluding hydrogens is 334 g/mol. The van der Waals surface area contributed by atoms with Crippen LogP contribution in [0.15, 0.2) is 64.5 Å². The molecule has 1 N–H and O–H groups in total. The molecule has 142 valence electrons. The molecule has 3 heteroatoms. The molecule has 0 aliphatic heterocycles. The maximum absolute atomic E-state index is 12.6. The van der Waals surface area contributed by atoms with Gasteiger partial charge in [0.15, 0.2) is 5.78 Å². The van der Waals surface area contributed by atoms with Gasteiger partial charge in [0.25, 0.3) is 0 Å². The summed E-state index contributed by atoms with van der Waals surface area (Å²) in [5.41, 5.74) is 6.39. The van der Waals surface area contributed by atoms with Gasteiger partial charge in [-0.1, -0.05) is 29.9 Å². The molecule has 0 aliphatic carbocycles. The second-order valence-electron chi connectivity index (χ2n) is 7.04. The van der Waals surface area contributed by atoms with Crippen LogP contribution in [0.3, 0.4) is 0 Å². The number of aliphatic hydroxyl groups is 1. The van der Waals surface area contributed by atoms with E-state index < -0.39 is 5.92 Å². The van der Waals surface area contributed by atoms with Crippen LogP contribution in [0, 0.1) is 18.3 Å². The number of carbonyl (C=O) groups excluding carboxylic acids is 1. The minimum atomic E-state index is -0.451. The lowest BCUT2D eigenvalue weighted by Gasteiger charge is -2.27. The third-order valence-electron chi connectivity index (χ3n) is 4.94. The molecule has 1 rings (SSSR count). The van der Waals surface area contributed by atoms with Crippen molar-refractivity contribution in [2.24, 2.45) is 0 Å². The first kappa shape index (κ1) is 22.2. The third-order valence-corrected chi connectivity index (χ3v) is 4.94. The van der Waals surface area contributed by atoms with Gasteiger partial charge in [0.2, 0.25) is 0 Å². The van der Waals surface area contributed by atoms with Gasteiger partial charge in [-0.3, -0.25) is 4.79 Å². The molecule has 0 bridgehead atoms. The zero-order chi connectivity index (χ0) is 20.9. The summed E-state index contributed by atoms with van der Waals surface area (Å²) in [4.78, 5) is 12.6. The molecule has 0 fully saturated rings. The van der Waals surface area contributed by atoms with E-state index in [9.17, 15) is 15.2 Å². The van der Waals surface area contributed by atoms with Crippen LogP contribution in [0.4, 0.5) is 0 Å². The maximum atomic E-state index is 12.6. The highest BCUT2D eigenvalue weighted by Gasteiger charge is 2.30.